The van der Waals surface area contributed by atoms with Crippen LogP contribution in [-0.4, -0.2) is 25.6 Å². The molecule has 2 fully saturated rings. The van der Waals surface area contributed by atoms with Crippen LogP contribution >= 0.6 is 0 Å². The monoisotopic (exact) mass is 317 g/mol. The lowest BCUT2D eigenvalue weighted by Gasteiger charge is -2.20. The first kappa shape index (κ1) is 15.8. The molecule has 1 aromatic rings. The van der Waals surface area contributed by atoms with Crippen molar-refractivity contribution in [1.82, 2.24) is 0 Å². The Kier molecular flexibility index (Phi) is 4.84. The van der Waals surface area contributed by atoms with Crippen LogP contribution < -0.4 is 10.1 Å². The molecule has 0 heterocycles. The van der Waals surface area contributed by atoms with E-state index < -0.39 is 0 Å². The Labute approximate surface area is 136 Å². The zero-order valence-electron chi connectivity index (χ0n) is 13.4. The van der Waals surface area contributed by atoms with Gasteiger partial charge in [-0.05, 0) is 61.3 Å². The van der Waals surface area contributed by atoms with E-state index in [9.17, 15) is 9.59 Å². The molecule has 0 radical (unpaired) electrons. The van der Waals surface area contributed by atoms with Crippen LogP contribution in [0.3, 0.4) is 0 Å². The molecule has 2 saturated carbocycles. The van der Waals surface area contributed by atoms with Crippen molar-refractivity contribution in [3.8, 4) is 5.75 Å². The number of ether oxygens (including phenoxy) is 2. The van der Waals surface area contributed by atoms with Crippen LogP contribution in [0, 0.1) is 17.8 Å². The van der Waals surface area contributed by atoms with Gasteiger partial charge in [-0.1, -0.05) is 6.42 Å². The van der Waals surface area contributed by atoms with E-state index >= 15 is 0 Å². The van der Waals surface area contributed by atoms with Crippen LogP contribution in [0.5, 0.6) is 5.75 Å². The van der Waals surface area contributed by atoms with Gasteiger partial charge >= 0.3 is 5.97 Å². The predicted molar refractivity (Wildman–Crippen MR) is 86.1 cm³/mol. The summed E-state index contributed by atoms with van der Waals surface area (Å²) in [7, 11) is 1.59. The first-order chi connectivity index (χ1) is 11.1. The fourth-order valence-electron chi connectivity index (χ4n) is 3.92. The average molecular weight is 317 g/mol. The van der Waals surface area contributed by atoms with E-state index in [1.54, 1.807) is 31.4 Å². The molecule has 0 aromatic heterocycles. The number of nitrogens with one attached hydrogen (secondary N) is 1. The summed E-state index contributed by atoms with van der Waals surface area (Å²) < 4.78 is 10.2. The Hall–Kier alpha value is -2.04. The number of benzene rings is 1. The van der Waals surface area contributed by atoms with Crippen LogP contribution in [0.1, 0.15) is 32.1 Å². The van der Waals surface area contributed by atoms with E-state index in [1.807, 2.05) is 0 Å². The largest absolute Gasteiger partial charge is 0.497 e. The summed E-state index contributed by atoms with van der Waals surface area (Å²) in [5, 5.41) is 2.70. The molecule has 5 heteroatoms. The fourth-order valence-corrected chi connectivity index (χ4v) is 3.92. The third-order valence-electron chi connectivity index (χ3n) is 5.05. The van der Waals surface area contributed by atoms with Crippen molar-refractivity contribution in [1.29, 1.82) is 0 Å². The Morgan fingerprint density at radius 2 is 1.96 bits per heavy atom. The summed E-state index contributed by atoms with van der Waals surface area (Å²) in [5.41, 5.74) is 0.653. The Bertz CT molecular complexity index is 569. The highest BCUT2D eigenvalue weighted by Crippen LogP contribution is 2.49. The van der Waals surface area contributed by atoms with Gasteiger partial charge in [0.05, 0.1) is 7.11 Å². The minimum Gasteiger partial charge on any atom is -0.497 e. The minimum atomic E-state index is -0.323. The number of hydrogen-bond donors (Lipinski definition) is 1. The maximum atomic E-state index is 11.9. The van der Waals surface area contributed by atoms with E-state index in [4.69, 9.17) is 9.47 Å². The predicted octanol–water partition coefficient (Wildman–Crippen LogP) is 3.00. The molecule has 0 unspecified atom stereocenters. The maximum Gasteiger partial charge on any atom is 0.306 e. The van der Waals surface area contributed by atoms with Crippen molar-refractivity contribution < 1.29 is 19.1 Å². The van der Waals surface area contributed by atoms with E-state index in [0.29, 0.717) is 23.9 Å². The van der Waals surface area contributed by atoms with Crippen LogP contribution in [-0.2, 0) is 14.3 Å². The van der Waals surface area contributed by atoms with Crippen molar-refractivity contribution >= 4 is 17.6 Å². The van der Waals surface area contributed by atoms with Gasteiger partial charge in [-0.2, -0.15) is 0 Å². The van der Waals surface area contributed by atoms with Gasteiger partial charge in [0, 0.05) is 12.1 Å². The molecule has 2 aliphatic carbocycles. The Morgan fingerprint density at radius 3 is 2.57 bits per heavy atom. The number of methoxy groups -OCH3 is 1. The quantitative estimate of drug-likeness (QED) is 0.819. The minimum absolute atomic E-state index is 0.230. The highest BCUT2D eigenvalue weighted by Gasteiger charge is 2.40. The number of hydrogen-bond acceptors (Lipinski definition) is 4. The van der Waals surface area contributed by atoms with Crippen LogP contribution in [0.2, 0.25) is 0 Å². The number of carbonyl (C=O) groups excluding carboxylic acids is 2. The molecule has 1 amide bonds. The van der Waals surface area contributed by atoms with Crippen molar-refractivity contribution in [3.05, 3.63) is 24.3 Å². The summed E-state index contributed by atoms with van der Waals surface area (Å²) in [5.74, 6) is 2.12. The Balaban J connectivity index is 1.39. The molecule has 2 aliphatic rings. The molecule has 2 bridgehead atoms. The zero-order valence-corrected chi connectivity index (χ0v) is 13.4. The van der Waals surface area contributed by atoms with E-state index in [2.05, 4.69) is 5.32 Å². The second-order valence-electron chi connectivity index (χ2n) is 6.58. The molecule has 1 aromatic carbocycles. The third kappa shape index (κ3) is 4.03. The first-order valence-electron chi connectivity index (χ1n) is 8.23. The smallest absolute Gasteiger partial charge is 0.306 e. The lowest BCUT2D eigenvalue weighted by molar-refractivity contribution is -0.148. The van der Waals surface area contributed by atoms with Crippen LogP contribution in [0.4, 0.5) is 5.69 Å². The molecule has 1 N–H and O–H groups in total. The average Bonchev–Trinajstić information content (AvgIpc) is 3.16. The van der Waals surface area contributed by atoms with Crippen molar-refractivity contribution in [2.75, 3.05) is 19.0 Å². The highest BCUT2D eigenvalue weighted by atomic mass is 16.5. The van der Waals surface area contributed by atoms with Crippen LogP contribution in [0.25, 0.3) is 0 Å². The van der Waals surface area contributed by atoms with Crippen molar-refractivity contribution in [3.63, 3.8) is 0 Å². The number of amides is 1. The summed E-state index contributed by atoms with van der Waals surface area (Å²) >= 11 is 0. The molecule has 5 nitrogen and oxygen atoms in total. The third-order valence-corrected chi connectivity index (χ3v) is 5.05. The van der Waals surface area contributed by atoms with E-state index in [0.717, 1.165) is 18.1 Å². The number of anilines is 1. The fraction of sp³-hybridized carbons (Fsp3) is 0.556. The first-order valence-corrected chi connectivity index (χ1v) is 8.23. The molecule has 3 rings (SSSR count). The molecule has 23 heavy (non-hydrogen) atoms. The highest BCUT2D eigenvalue weighted by molar-refractivity contribution is 5.92. The SMILES string of the molecule is COc1ccc(NC(=O)COC(=O)C[C@H]2C[C@@H]3CC[C@@H]2C3)cc1. The lowest BCUT2D eigenvalue weighted by Crippen LogP contribution is -2.23. The van der Waals surface area contributed by atoms with Crippen LogP contribution in [0.15, 0.2) is 24.3 Å². The van der Waals surface area contributed by atoms with Gasteiger partial charge in [-0.25, -0.2) is 0 Å². The number of carbonyl (C=O) groups is 2. The summed E-state index contributed by atoms with van der Waals surface area (Å²) in [4.78, 5) is 23.7. The summed E-state index contributed by atoms with van der Waals surface area (Å²) in [6.45, 7) is -0.230. The van der Waals surface area contributed by atoms with Crippen molar-refractivity contribution in [2.45, 2.75) is 32.1 Å². The zero-order chi connectivity index (χ0) is 16.2. The second kappa shape index (κ2) is 7.02. The molecule has 0 saturated heterocycles. The van der Waals surface area contributed by atoms with Gasteiger partial charge < -0.3 is 14.8 Å². The maximum absolute atomic E-state index is 11.9. The Morgan fingerprint density at radius 1 is 1.17 bits per heavy atom. The molecular formula is C18H23NO4. The van der Waals surface area contributed by atoms with E-state index in [1.165, 1.54) is 19.3 Å². The van der Waals surface area contributed by atoms with Gasteiger partial charge in [0.2, 0.25) is 0 Å². The molecular weight excluding hydrogens is 294 g/mol. The van der Waals surface area contributed by atoms with Gasteiger partial charge in [-0.15, -0.1) is 0 Å². The summed E-state index contributed by atoms with van der Waals surface area (Å²) in [6, 6.07) is 7.01. The van der Waals surface area contributed by atoms with Gasteiger partial charge in [0.25, 0.3) is 5.91 Å². The van der Waals surface area contributed by atoms with E-state index in [-0.39, 0.29) is 18.5 Å². The standard InChI is InChI=1S/C18H23NO4/c1-22-16-6-4-15(5-7-16)19-17(20)11-23-18(21)10-14-9-12-2-3-13(14)8-12/h4-7,12-14H,2-3,8-11H2,1H3,(H,19,20)/t12-,13-,14-/m1/s1. The molecule has 0 aliphatic heterocycles. The van der Waals surface area contributed by atoms with Gasteiger partial charge in [0.1, 0.15) is 5.75 Å². The number of rotatable bonds is 6. The topological polar surface area (TPSA) is 64.6 Å². The molecule has 3 atom stereocenters. The second-order valence-corrected chi connectivity index (χ2v) is 6.58. The van der Waals surface area contributed by atoms with Crippen molar-refractivity contribution in [2.24, 2.45) is 17.8 Å². The normalized spacial score (nSPS) is 25.2. The van der Waals surface area contributed by atoms with Gasteiger partial charge in [-0.3, -0.25) is 9.59 Å². The number of fused-ring (bicyclic) bond motifs is 2. The lowest BCUT2D eigenvalue weighted by atomic mass is 9.86. The summed E-state index contributed by atoms with van der Waals surface area (Å²) in [6.07, 6.45) is 5.45. The van der Waals surface area contributed by atoms with Gasteiger partial charge in [0.15, 0.2) is 6.61 Å². The molecule has 0 spiro atoms. The molecule has 124 valence electrons. The number of esters is 1.